The minimum atomic E-state index is -0.00608. The Hall–Kier alpha value is -2.51. The lowest BCUT2D eigenvalue weighted by atomic mass is 10.0. The lowest BCUT2D eigenvalue weighted by molar-refractivity contribution is 0.0917. The Morgan fingerprint density at radius 1 is 1.21 bits per heavy atom. The van der Waals surface area contributed by atoms with Crippen molar-refractivity contribution in [3.8, 4) is 5.88 Å². The maximum atomic E-state index is 12.5. The number of nitrogens with zero attached hydrogens (tertiary/aromatic N) is 3. The second kappa shape index (κ2) is 8.24. The number of carbonyl (C=O) groups is 1. The van der Waals surface area contributed by atoms with Gasteiger partial charge in [-0.05, 0) is 69.0 Å². The molecule has 1 aromatic carbocycles. The molecular weight excluding hydrogens is 372 g/mol. The highest BCUT2D eigenvalue weighted by Gasteiger charge is 2.19. The lowest BCUT2D eigenvalue weighted by Gasteiger charge is -2.29. The number of likely N-dealkylation sites (tertiary alicyclic amines) is 1. The van der Waals surface area contributed by atoms with Gasteiger partial charge in [-0.15, -0.1) is 11.3 Å². The van der Waals surface area contributed by atoms with Gasteiger partial charge in [0.15, 0.2) is 0 Å². The smallest absolute Gasteiger partial charge is 0.251 e. The summed E-state index contributed by atoms with van der Waals surface area (Å²) in [6.45, 7) is 4.32. The SMILES string of the molecule is Cc1nc(OCc2ccc(C(=O)NC3CCN(C)CC3)cc2)c2ccsc2n1. The summed E-state index contributed by atoms with van der Waals surface area (Å²) in [6, 6.07) is 9.82. The summed E-state index contributed by atoms with van der Waals surface area (Å²) in [7, 11) is 2.12. The first-order valence-corrected chi connectivity index (χ1v) is 10.4. The van der Waals surface area contributed by atoms with E-state index in [-0.39, 0.29) is 11.9 Å². The molecule has 2 aromatic heterocycles. The van der Waals surface area contributed by atoms with Crippen LogP contribution in [-0.4, -0.2) is 47.0 Å². The van der Waals surface area contributed by atoms with Gasteiger partial charge in [0, 0.05) is 11.6 Å². The highest BCUT2D eigenvalue weighted by molar-refractivity contribution is 7.16. The Labute approximate surface area is 168 Å². The number of thiophene rings is 1. The zero-order valence-corrected chi connectivity index (χ0v) is 17.0. The maximum absolute atomic E-state index is 12.5. The Morgan fingerprint density at radius 3 is 2.71 bits per heavy atom. The second-order valence-electron chi connectivity index (χ2n) is 7.25. The molecule has 1 aliphatic heterocycles. The number of nitrogens with one attached hydrogen (secondary N) is 1. The van der Waals surface area contributed by atoms with Crippen molar-refractivity contribution in [1.82, 2.24) is 20.2 Å². The third kappa shape index (κ3) is 4.31. The molecule has 0 atom stereocenters. The molecule has 146 valence electrons. The lowest BCUT2D eigenvalue weighted by Crippen LogP contribution is -2.43. The topological polar surface area (TPSA) is 67.3 Å². The molecule has 28 heavy (non-hydrogen) atoms. The van der Waals surface area contributed by atoms with Crippen molar-refractivity contribution < 1.29 is 9.53 Å². The Morgan fingerprint density at radius 2 is 1.96 bits per heavy atom. The summed E-state index contributed by atoms with van der Waals surface area (Å²) >= 11 is 1.58. The van der Waals surface area contributed by atoms with Crippen molar-refractivity contribution in [3.05, 3.63) is 52.7 Å². The molecule has 1 amide bonds. The van der Waals surface area contributed by atoms with Crippen LogP contribution in [0.15, 0.2) is 35.7 Å². The summed E-state index contributed by atoms with van der Waals surface area (Å²) < 4.78 is 5.93. The number of rotatable bonds is 5. The molecular formula is C21H24N4O2S. The molecule has 6 nitrogen and oxygen atoms in total. The van der Waals surface area contributed by atoms with E-state index in [1.165, 1.54) is 0 Å². The number of aromatic nitrogens is 2. The van der Waals surface area contributed by atoms with E-state index in [9.17, 15) is 4.79 Å². The summed E-state index contributed by atoms with van der Waals surface area (Å²) in [5, 5.41) is 6.07. The number of ether oxygens (including phenoxy) is 1. The van der Waals surface area contributed by atoms with Crippen LogP contribution in [0.4, 0.5) is 0 Å². The average molecular weight is 397 g/mol. The zero-order chi connectivity index (χ0) is 19.5. The molecule has 1 N–H and O–H groups in total. The maximum Gasteiger partial charge on any atom is 0.251 e. The Kier molecular flexibility index (Phi) is 5.54. The van der Waals surface area contributed by atoms with Gasteiger partial charge < -0.3 is 15.0 Å². The molecule has 1 fully saturated rings. The van der Waals surface area contributed by atoms with Gasteiger partial charge in [0.05, 0.1) is 5.39 Å². The molecule has 4 rings (SSSR count). The molecule has 1 saturated heterocycles. The first-order chi connectivity index (χ1) is 13.6. The van der Waals surface area contributed by atoms with Crippen LogP contribution in [0.2, 0.25) is 0 Å². The normalized spacial score (nSPS) is 15.6. The fourth-order valence-corrected chi connectivity index (χ4v) is 4.17. The predicted octanol–water partition coefficient (Wildman–Crippen LogP) is 3.40. The van der Waals surface area contributed by atoms with E-state index < -0.39 is 0 Å². The summed E-state index contributed by atoms with van der Waals surface area (Å²) in [4.78, 5) is 24.5. The summed E-state index contributed by atoms with van der Waals surface area (Å²) in [6.07, 6.45) is 2.01. The van der Waals surface area contributed by atoms with Crippen LogP contribution < -0.4 is 10.1 Å². The molecule has 1 aliphatic rings. The minimum Gasteiger partial charge on any atom is -0.472 e. The number of hydrogen-bond donors (Lipinski definition) is 1. The van der Waals surface area contributed by atoms with E-state index in [0.717, 1.165) is 41.7 Å². The van der Waals surface area contributed by atoms with E-state index >= 15 is 0 Å². The molecule has 3 heterocycles. The van der Waals surface area contributed by atoms with Crippen molar-refractivity contribution in [3.63, 3.8) is 0 Å². The van der Waals surface area contributed by atoms with E-state index in [4.69, 9.17) is 4.74 Å². The monoisotopic (exact) mass is 396 g/mol. The van der Waals surface area contributed by atoms with Gasteiger partial charge in [-0.25, -0.2) is 4.98 Å². The molecule has 7 heteroatoms. The molecule has 0 spiro atoms. The zero-order valence-electron chi connectivity index (χ0n) is 16.1. The van der Waals surface area contributed by atoms with Crippen LogP contribution in [0.5, 0.6) is 5.88 Å². The third-order valence-electron chi connectivity index (χ3n) is 5.05. The number of fused-ring (bicyclic) bond motifs is 1. The molecule has 0 unspecified atom stereocenters. The second-order valence-corrected chi connectivity index (χ2v) is 8.15. The van der Waals surface area contributed by atoms with Gasteiger partial charge in [-0.2, -0.15) is 4.98 Å². The largest absolute Gasteiger partial charge is 0.472 e. The fourth-order valence-electron chi connectivity index (χ4n) is 3.37. The van der Waals surface area contributed by atoms with E-state index in [1.807, 2.05) is 42.6 Å². The Bertz CT molecular complexity index is 962. The molecule has 0 saturated carbocycles. The highest BCUT2D eigenvalue weighted by atomic mass is 32.1. The summed E-state index contributed by atoms with van der Waals surface area (Å²) in [5.74, 6) is 1.30. The number of benzene rings is 1. The predicted molar refractivity (Wildman–Crippen MR) is 111 cm³/mol. The van der Waals surface area contributed by atoms with Crippen molar-refractivity contribution in [2.24, 2.45) is 0 Å². The van der Waals surface area contributed by atoms with Crippen molar-refractivity contribution in [2.75, 3.05) is 20.1 Å². The van der Waals surface area contributed by atoms with Gasteiger partial charge in [0.25, 0.3) is 5.91 Å². The quantitative estimate of drug-likeness (QED) is 0.716. The molecule has 0 aliphatic carbocycles. The van der Waals surface area contributed by atoms with Crippen LogP contribution in [0.1, 0.15) is 34.6 Å². The highest BCUT2D eigenvalue weighted by Crippen LogP contribution is 2.27. The van der Waals surface area contributed by atoms with E-state index in [1.54, 1.807) is 11.3 Å². The number of hydrogen-bond acceptors (Lipinski definition) is 6. The fraction of sp³-hybridized carbons (Fsp3) is 0.381. The minimum absolute atomic E-state index is 0.00608. The Balaban J connectivity index is 1.36. The molecule has 0 radical (unpaired) electrons. The van der Waals surface area contributed by atoms with E-state index in [2.05, 4.69) is 27.2 Å². The third-order valence-corrected chi connectivity index (χ3v) is 5.85. The van der Waals surface area contributed by atoms with Gasteiger partial charge in [0.2, 0.25) is 5.88 Å². The standard InChI is InChI=1S/C21H24N4O2S/c1-14-22-20(18-9-12-28-21(18)23-14)27-13-15-3-5-16(6-4-15)19(26)24-17-7-10-25(2)11-8-17/h3-6,9,12,17H,7-8,10-11,13H2,1-2H3,(H,24,26). The first-order valence-electron chi connectivity index (χ1n) is 9.51. The van der Waals surface area contributed by atoms with Crippen LogP contribution in [0, 0.1) is 6.92 Å². The first kappa shape index (κ1) is 18.8. The van der Waals surface area contributed by atoms with E-state index in [0.29, 0.717) is 23.9 Å². The number of piperidine rings is 1. The van der Waals surface area contributed by atoms with Crippen molar-refractivity contribution in [1.29, 1.82) is 0 Å². The van der Waals surface area contributed by atoms with Gasteiger partial charge in [0.1, 0.15) is 17.3 Å². The number of amides is 1. The van der Waals surface area contributed by atoms with Gasteiger partial charge >= 0.3 is 0 Å². The number of aryl methyl sites for hydroxylation is 1. The van der Waals surface area contributed by atoms with Crippen LogP contribution in [0.25, 0.3) is 10.2 Å². The van der Waals surface area contributed by atoms with Crippen LogP contribution in [0.3, 0.4) is 0 Å². The van der Waals surface area contributed by atoms with Crippen LogP contribution >= 0.6 is 11.3 Å². The molecule has 0 bridgehead atoms. The summed E-state index contributed by atoms with van der Waals surface area (Å²) in [5.41, 5.74) is 1.68. The van der Waals surface area contributed by atoms with Gasteiger partial charge in [-0.1, -0.05) is 12.1 Å². The van der Waals surface area contributed by atoms with Gasteiger partial charge in [-0.3, -0.25) is 4.79 Å². The van der Waals surface area contributed by atoms with Crippen molar-refractivity contribution >= 4 is 27.5 Å². The average Bonchev–Trinajstić information content (AvgIpc) is 3.16. The molecule has 3 aromatic rings. The number of carbonyl (C=O) groups excluding carboxylic acids is 1. The van der Waals surface area contributed by atoms with Crippen molar-refractivity contribution in [2.45, 2.75) is 32.4 Å². The van der Waals surface area contributed by atoms with Crippen LogP contribution in [-0.2, 0) is 6.61 Å².